The van der Waals surface area contributed by atoms with Gasteiger partial charge in [-0.25, -0.2) is 8.42 Å². The Labute approximate surface area is 129 Å². The Morgan fingerprint density at radius 1 is 1.19 bits per heavy atom. The smallest absolute Gasteiger partial charge is 0.159 e. The molecule has 1 fully saturated rings. The van der Waals surface area contributed by atoms with Gasteiger partial charge in [0.1, 0.15) is 0 Å². The largest absolute Gasteiger partial charge is 0.316 e. The van der Waals surface area contributed by atoms with Crippen molar-refractivity contribution in [1.82, 2.24) is 5.32 Å². The monoisotopic (exact) mass is 309 g/mol. The summed E-state index contributed by atoms with van der Waals surface area (Å²) < 4.78 is 25.9. The Morgan fingerprint density at radius 3 is 2.48 bits per heavy atom. The average molecular weight is 309 g/mol. The highest BCUT2D eigenvalue weighted by Gasteiger charge is 2.41. The Hall–Kier alpha value is -0.870. The van der Waals surface area contributed by atoms with E-state index in [1.54, 1.807) is 0 Å². The van der Waals surface area contributed by atoms with E-state index < -0.39 is 9.84 Å². The van der Waals surface area contributed by atoms with Crippen LogP contribution in [0.2, 0.25) is 0 Å². The van der Waals surface area contributed by atoms with Gasteiger partial charge in [0, 0.05) is 6.04 Å². The quantitative estimate of drug-likeness (QED) is 0.930. The molecule has 118 valence electrons. The molecule has 0 radical (unpaired) electrons. The van der Waals surface area contributed by atoms with Gasteiger partial charge in [0.05, 0.1) is 11.0 Å². The Kier molecular flexibility index (Phi) is 5.10. The van der Waals surface area contributed by atoms with E-state index in [9.17, 15) is 8.42 Å². The maximum atomic E-state index is 13.0. The van der Waals surface area contributed by atoms with Gasteiger partial charge in [-0.1, -0.05) is 38.1 Å². The Morgan fingerprint density at radius 2 is 1.86 bits per heavy atom. The molecule has 0 saturated heterocycles. The zero-order valence-corrected chi connectivity index (χ0v) is 14.3. The van der Waals surface area contributed by atoms with Crippen molar-refractivity contribution in [1.29, 1.82) is 0 Å². The standard InChI is InChI=1S/C17H27NO2S/c1-12-9-14(3)17(16(10-12)18-4)21(19,20)11-15-8-6-5-7-13(15)2/h5-8,12,14,16-18H,9-11H2,1-4H3. The van der Waals surface area contributed by atoms with Gasteiger partial charge >= 0.3 is 0 Å². The normalized spacial score (nSPS) is 30.3. The van der Waals surface area contributed by atoms with Crippen LogP contribution in [0.15, 0.2) is 24.3 Å². The molecular weight excluding hydrogens is 282 g/mol. The summed E-state index contributed by atoms with van der Waals surface area (Å²) in [5.74, 6) is 0.948. The summed E-state index contributed by atoms with van der Waals surface area (Å²) in [6, 6.07) is 7.84. The fourth-order valence-electron chi connectivity index (χ4n) is 3.80. The molecule has 2 rings (SSSR count). The van der Waals surface area contributed by atoms with Crippen molar-refractivity contribution in [3.05, 3.63) is 35.4 Å². The minimum Gasteiger partial charge on any atom is -0.316 e. The Bertz CT molecular complexity index is 582. The van der Waals surface area contributed by atoms with Crippen LogP contribution in [0.25, 0.3) is 0 Å². The lowest BCUT2D eigenvalue weighted by molar-refractivity contribution is 0.249. The van der Waals surface area contributed by atoms with Crippen LogP contribution in [0, 0.1) is 18.8 Å². The topological polar surface area (TPSA) is 46.2 Å². The van der Waals surface area contributed by atoms with E-state index in [4.69, 9.17) is 0 Å². The number of benzene rings is 1. The predicted octanol–water partition coefficient (Wildman–Crippen LogP) is 2.93. The molecule has 1 aromatic carbocycles. The van der Waals surface area contributed by atoms with Crippen molar-refractivity contribution in [3.8, 4) is 0 Å². The summed E-state index contributed by atoms with van der Waals surface area (Å²) in [6.45, 7) is 6.28. The Balaban J connectivity index is 2.27. The number of hydrogen-bond donors (Lipinski definition) is 1. The van der Waals surface area contributed by atoms with E-state index >= 15 is 0 Å². The van der Waals surface area contributed by atoms with Gasteiger partial charge in [0.2, 0.25) is 0 Å². The van der Waals surface area contributed by atoms with Crippen molar-refractivity contribution >= 4 is 9.84 Å². The van der Waals surface area contributed by atoms with Gasteiger partial charge in [0.15, 0.2) is 9.84 Å². The molecule has 0 spiro atoms. The van der Waals surface area contributed by atoms with Crippen molar-refractivity contribution in [3.63, 3.8) is 0 Å². The lowest BCUT2D eigenvalue weighted by Crippen LogP contribution is -2.51. The molecule has 0 aromatic heterocycles. The minimum absolute atomic E-state index is 0.0674. The number of aryl methyl sites for hydroxylation is 1. The van der Waals surface area contributed by atoms with Crippen LogP contribution in [0.1, 0.15) is 37.8 Å². The van der Waals surface area contributed by atoms with Crippen LogP contribution in [-0.4, -0.2) is 26.8 Å². The summed E-state index contributed by atoms with van der Waals surface area (Å²) in [7, 11) is -1.27. The van der Waals surface area contributed by atoms with Gasteiger partial charge in [-0.15, -0.1) is 0 Å². The number of sulfone groups is 1. The zero-order valence-electron chi connectivity index (χ0n) is 13.5. The van der Waals surface area contributed by atoms with E-state index in [1.807, 2.05) is 38.2 Å². The molecule has 21 heavy (non-hydrogen) atoms. The maximum absolute atomic E-state index is 13.0. The molecule has 1 aromatic rings. The van der Waals surface area contributed by atoms with Crippen LogP contribution >= 0.6 is 0 Å². The first-order valence-electron chi connectivity index (χ1n) is 7.78. The van der Waals surface area contributed by atoms with Crippen LogP contribution in [0.3, 0.4) is 0 Å². The van der Waals surface area contributed by atoms with E-state index in [0.717, 1.165) is 24.0 Å². The molecule has 4 unspecified atom stereocenters. The van der Waals surface area contributed by atoms with Crippen molar-refractivity contribution in [2.24, 2.45) is 11.8 Å². The van der Waals surface area contributed by atoms with Crippen molar-refractivity contribution in [2.75, 3.05) is 7.05 Å². The molecule has 4 atom stereocenters. The summed E-state index contributed by atoms with van der Waals surface area (Å²) in [6.07, 6.45) is 1.94. The average Bonchev–Trinajstić information content (AvgIpc) is 2.39. The molecule has 0 aliphatic heterocycles. The van der Waals surface area contributed by atoms with E-state index in [1.165, 1.54) is 0 Å². The zero-order chi connectivity index (χ0) is 15.6. The van der Waals surface area contributed by atoms with Crippen LogP contribution < -0.4 is 5.32 Å². The van der Waals surface area contributed by atoms with E-state index in [2.05, 4.69) is 19.2 Å². The summed E-state index contributed by atoms with van der Waals surface area (Å²) in [4.78, 5) is 0. The number of hydrogen-bond acceptors (Lipinski definition) is 3. The minimum atomic E-state index is -3.16. The van der Waals surface area contributed by atoms with Crippen molar-refractivity contribution < 1.29 is 8.42 Å². The number of rotatable bonds is 4. The summed E-state index contributed by atoms with van der Waals surface area (Å²) in [5, 5.41) is 2.96. The molecule has 0 heterocycles. The van der Waals surface area contributed by atoms with E-state index in [0.29, 0.717) is 5.92 Å². The second-order valence-corrected chi connectivity index (χ2v) is 8.81. The van der Waals surface area contributed by atoms with Gasteiger partial charge < -0.3 is 5.32 Å². The lowest BCUT2D eigenvalue weighted by Gasteiger charge is -2.39. The fraction of sp³-hybridized carbons (Fsp3) is 0.647. The molecule has 3 nitrogen and oxygen atoms in total. The fourth-order valence-corrected chi connectivity index (χ4v) is 6.32. The molecule has 4 heteroatoms. The predicted molar refractivity (Wildman–Crippen MR) is 88.0 cm³/mol. The molecule has 1 saturated carbocycles. The molecule has 1 aliphatic rings. The third-order valence-electron chi connectivity index (χ3n) is 4.79. The third-order valence-corrected chi connectivity index (χ3v) is 7.13. The maximum Gasteiger partial charge on any atom is 0.159 e. The second kappa shape index (κ2) is 6.49. The molecule has 0 amide bonds. The van der Waals surface area contributed by atoms with Crippen LogP contribution in [-0.2, 0) is 15.6 Å². The lowest BCUT2D eigenvalue weighted by atomic mass is 9.80. The SMILES string of the molecule is CNC1CC(C)CC(C)C1S(=O)(=O)Cc1ccccc1C. The van der Waals surface area contributed by atoms with Gasteiger partial charge in [-0.2, -0.15) is 0 Å². The first kappa shape index (κ1) is 16.5. The molecule has 0 bridgehead atoms. The highest BCUT2D eigenvalue weighted by Crippen LogP contribution is 2.34. The molecular formula is C17H27NO2S. The highest BCUT2D eigenvalue weighted by atomic mass is 32.2. The van der Waals surface area contributed by atoms with Crippen LogP contribution in [0.5, 0.6) is 0 Å². The molecule has 1 aliphatic carbocycles. The van der Waals surface area contributed by atoms with Crippen LogP contribution in [0.4, 0.5) is 0 Å². The number of nitrogens with one attached hydrogen (secondary N) is 1. The van der Waals surface area contributed by atoms with Gasteiger partial charge in [0.25, 0.3) is 0 Å². The molecule has 1 N–H and O–H groups in total. The first-order chi connectivity index (χ1) is 9.85. The highest BCUT2D eigenvalue weighted by molar-refractivity contribution is 7.91. The summed E-state index contributed by atoms with van der Waals surface area (Å²) >= 11 is 0. The van der Waals surface area contributed by atoms with Gasteiger partial charge in [-0.05, 0) is 49.8 Å². The first-order valence-corrected chi connectivity index (χ1v) is 9.50. The summed E-state index contributed by atoms with van der Waals surface area (Å²) in [5.41, 5.74) is 1.98. The van der Waals surface area contributed by atoms with Crippen molar-refractivity contribution in [2.45, 2.75) is 50.7 Å². The second-order valence-electron chi connectivity index (χ2n) is 6.65. The third kappa shape index (κ3) is 3.67. The van der Waals surface area contributed by atoms with E-state index in [-0.39, 0.29) is 23.0 Å². The van der Waals surface area contributed by atoms with Gasteiger partial charge in [-0.3, -0.25) is 0 Å².